The summed E-state index contributed by atoms with van der Waals surface area (Å²) in [4.78, 5) is 12.5. The monoisotopic (exact) mass is 352 g/mol. The van der Waals surface area contributed by atoms with Crippen LogP contribution in [0.4, 0.5) is 0 Å². The van der Waals surface area contributed by atoms with E-state index in [9.17, 15) is 15.0 Å². The summed E-state index contributed by atoms with van der Waals surface area (Å²) in [6.07, 6.45) is 0. The highest BCUT2D eigenvalue weighted by molar-refractivity contribution is 6.54. The van der Waals surface area contributed by atoms with Gasteiger partial charge in [0.15, 0.2) is 17.3 Å². The minimum absolute atomic E-state index is 0.0781. The predicted octanol–water partition coefficient (Wildman–Crippen LogP) is 4.88. The summed E-state index contributed by atoms with van der Waals surface area (Å²) in [5.41, 5.74) is 2.43. The molecule has 0 saturated heterocycles. The van der Waals surface area contributed by atoms with E-state index in [1.807, 2.05) is 30.3 Å². The summed E-state index contributed by atoms with van der Waals surface area (Å²) < 4.78 is 5.41. The second-order valence-corrected chi connectivity index (χ2v) is 6.12. The molecule has 0 aliphatic heterocycles. The van der Waals surface area contributed by atoms with Gasteiger partial charge in [-0.05, 0) is 23.3 Å². The summed E-state index contributed by atoms with van der Waals surface area (Å²) in [6, 6.07) is 14.4. The molecule has 0 saturated carbocycles. The Kier molecular flexibility index (Phi) is 3.44. The van der Waals surface area contributed by atoms with E-state index in [0.29, 0.717) is 21.9 Å². The highest BCUT2D eigenvalue weighted by Gasteiger charge is 2.30. The number of halogens is 1. The molecule has 5 heteroatoms. The average Bonchev–Trinajstić information content (AvgIpc) is 2.64. The van der Waals surface area contributed by atoms with E-state index in [-0.39, 0.29) is 16.5 Å². The van der Waals surface area contributed by atoms with Gasteiger partial charge in [0.25, 0.3) is 0 Å². The molecule has 25 heavy (non-hydrogen) atoms. The lowest BCUT2D eigenvalue weighted by Gasteiger charge is -2.21. The van der Waals surface area contributed by atoms with E-state index in [2.05, 4.69) is 0 Å². The van der Waals surface area contributed by atoms with Gasteiger partial charge in [0.2, 0.25) is 5.78 Å². The van der Waals surface area contributed by atoms with E-state index < -0.39 is 11.5 Å². The van der Waals surface area contributed by atoms with Crippen LogP contribution < -0.4 is 4.74 Å². The number of carbonyl (C=O) groups excluding carboxylic acids is 1. The highest BCUT2D eigenvalue weighted by Crippen LogP contribution is 2.48. The zero-order valence-electron chi connectivity index (χ0n) is 13.2. The summed E-state index contributed by atoms with van der Waals surface area (Å²) in [6.45, 7) is 0. The molecule has 3 aromatic rings. The number of phenolic OH excluding ortho intramolecular Hbond substituents is 1. The Morgan fingerprint density at radius 2 is 1.60 bits per heavy atom. The van der Waals surface area contributed by atoms with Crippen molar-refractivity contribution in [2.24, 2.45) is 0 Å². The van der Waals surface area contributed by atoms with E-state index in [1.54, 1.807) is 12.1 Å². The standard InChI is InChI=1S/C20H13ClO4/c1-25-20-14(22)9-13-15-12(18(23)19(24)17(13)21)8-7-11(16(15)20)10-5-3-2-4-6-10/h2-9,22,24H,1H3. The van der Waals surface area contributed by atoms with Gasteiger partial charge in [-0.1, -0.05) is 48.0 Å². The van der Waals surface area contributed by atoms with Crippen LogP contribution in [0, 0.1) is 0 Å². The molecule has 0 bridgehead atoms. The van der Waals surface area contributed by atoms with Crippen molar-refractivity contribution in [3.8, 4) is 22.6 Å². The van der Waals surface area contributed by atoms with Gasteiger partial charge in [-0.15, -0.1) is 0 Å². The molecule has 4 nitrogen and oxygen atoms in total. The lowest BCUT2D eigenvalue weighted by Crippen LogP contribution is -2.11. The Hall–Kier alpha value is -2.98. The number of phenols is 1. The molecule has 0 spiro atoms. The second-order valence-electron chi connectivity index (χ2n) is 5.74. The van der Waals surface area contributed by atoms with E-state index in [4.69, 9.17) is 16.3 Å². The molecule has 1 aliphatic carbocycles. The zero-order valence-corrected chi connectivity index (χ0v) is 14.0. The molecule has 0 unspecified atom stereocenters. The van der Waals surface area contributed by atoms with Gasteiger partial charge < -0.3 is 14.9 Å². The van der Waals surface area contributed by atoms with Crippen LogP contribution in [0.15, 0.2) is 54.3 Å². The van der Waals surface area contributed by atoms with Crippen molar-refractivity contribution in [3.63, 3.8) is 0 Å². The lowest BCUT2D eigenvalue weighted by atomic mass is 9.86. The summed E-state index contributed by atoms with van der Waals surface area (Å²) in [5.74, 6) is -0.917. The maximum Gasteiger partial charge on any atom is 0.229 e. The first-order valence-corrected chi connectivity index (χ1v) is 7.98. The fourth-order valence-corrected chi connectivity index (χ4v) is 3.54. The summed E-state index contributed by atoms with van der Waals surface area (Å²) >= 11 is 6.18. The number of aliphatic hydroxyl groups excluding tert-OH is 1. The molecule has 124 valence electrons. The molecule has 2 N–H and O–H groups in total. The topological polar surface area (TPSA) is 66.8 Å². The van der Waals surface area contributed by atoms with Crippen LogP contribution in [0.2, 0.25) is 0 Å². The van der Waals surface area contributed by atoms with Crippen LogP contribution in [0.3, 0.4) is 0 Å². The normalized spacial score (nSPS) is 13.4. The van der Waals surface area contributed by atoms with Crippen LogP contribution in [0.5, 0.6) is 11.5 Å². The molecule has 0 heterocycles. The smallest absolute Gasteiger partial charge is 0.229 e. The number of aliphatic hydroxyl groups is 1. The fourth-order valence-electron chi connectivity index (χ4n) is 3.30. The van der Waals surface area contributed by atoms with Crippen molar-refractivity contribution in [1.29, 1.82) is 0 Å². The number of ether oxygens (including phenoxy) is 1. The molecule has 0 amide bonds. The number of allylic oxidation sites excluding steroid dienone is 1. The Morgan fingerprint density at radius 1 is 0.920 bits per heavy atom. The van der Waals surface area contributed by atoms with Crippen LogP contribution in [-0.4, -0.2) is 23.1 Å². The summed E-state index contributed by atoms with van der Waals surface area (Å²) in [5, 5.41) is 21.5. The molecule has 0 radical (unpaired) electrons. The van der Waals surface area contributed by atoms with Crippen molar-refractivity contribution < 1.29 is 19.7 Å². The summed E-state index contributed by atoms with van der Waals surface area (Å²) in [7, 11) is 1.46. The fraction of sp³-hybridized carbons (Fsp3) is 0.0500. The average molecular weight is 353 g/mol. The molecule has 3 aromatic carbocycles. The van der Waals surface area contributed by atoms with Crippen molar-refractivity contribution in [2.75, 3.05) is 7.11 Å². The molecule has 0 aromatic heterocycles. The van der Waals surface area contributed by atoms with E-state index in [1.165, 1.54) is 13.2 Å². The number of Topliss-reactive ketones (excluding diaryl/α,β-unsaturated/α-hetero) is 1. The first-order valence-electron chi connectivity index (χ1n) is 7.60. The molecular weight excluding hydrogens is 340 g/mol. The van der Waals surface area contributed by atoms with Gasteiger partial charge in [0.1, 0.15) is 0 Å². The van der Waals surface area contributed by atoms with E-state index in [0.717, 1.165) is 11.1 Å². The van der Waals surface area contributed by atoms with Gasteiger partial charge >= 0.3 is 0 Å². The third-order valence-electron chi connectivity index (χ3n) is 4.41. The number of carbonyl (C=O) groups is 1. The number of benzene rings is 3. The number of aromatic hydroxyl groups is 1. The number of rotatable bonds is 2. The second kappa shape index (κ2) is 5.53. The third kappa shape index (κ3) is 2.11. The minimum Gasteiger partial charge on any atom is -0.504 e. The first kappa shape index (κ1) is 15.5. The van der Waals surface area contributed by atoms with Gasteiger partial charge in [-0.25, -0.2) is 0 Å². The molecule has 4 rings (SSSR count). The van der Waals surface area contributed by atoms with Crippen LogP contribution in [0.1, 0.15) is 15.9 Å². The van der Waals surface area contributed by atoms with Crippen molar-refractivity contribution in [1.82, 2.24) is 0 Å². The number of hydrogen-bond acceptors (Lipinski definition) is 4. The maximum absolute atomic E-state index is 12.5. The van der Waals surface area contributed by atoms with Gasteiger partial charge in [-0.2, -0.15) is 0 Å². The minimum atomic E-state index is -0.546. The molecule has 0 fully saturated rings. The third-order valence-corrected chi connectivity index (χ3v) is 4.79. The van der Waals surface area contributed by atoms with Crippen molar-refractivity contribution in [3.05, 3.63) is 65.4 Å². The molecule has 1 aliphatic rings. The predicted molar refractivity (Wildman–Crippen MR) is 97.3 cm³/mol. The number of methoxy groups -OCH3 is 1. The van der Waals surface area contributed by atoms with E-state index >= 15 is 0 Å². The molecular formula is C20H13ClO4. The Labute approximate surface area is 148 Å². The van der Waals surface area contributed by atoms with Gasteiger partial charge in [0.05, 0.1) is 12.1 Å². The van der Waals surface area contributed by atoms with Crippen molar-refractivity contribution in [2.45, 2.75) is 0 Å². The quantitative estimate of drug-likeness (QED) is 0.689. The zero-order chi connectivity index (χ0) is 17.7. The first-order chi connectivity index (χ1) is 12.0. The van der Waals surface area contributed by atoms with Gasteiger partial charge in [-0.3, -0.25) is 4.79 Å². The SMILES string of the molecule is COc1c(O)cc2c3c(ccc(-c4ccccc4)c13)C(=O)C(O)=C2Cl. The highest BCUT2D eigenvalue weighted by atomic mass is 35.5. The Morgan fingerprint density at radius 3 is 2.28 bits per heavy atom. The largest absolute Gasteiger partial charge is 0.504 e. The Bertz CT molecular complexity index is 1070. The number of hydrogen-bond donors (Lipinski definition) is 2. The maximum atomic E-state index is 12.5. The number of ketones is 1. The van der Waals surface area contributed by atoms with Crippen LogP contribution in [0.25, 0.3) is 26.9 Å². The van der Waals surface area contributed by atoms with Crippen LogP contribution in [-0.2, 0) is 0 Å². The molecule has 0 atom stereocenters. The van der Waals surface area contributed by atoms with Gasteiger partial charge in [0, 0.05) is 21.9 Å². The van der Waals surface area contributed by atoms with Crippen LogP contribution >= 0.6 is 11.6 Å². The lowest BCUT2D eigenvalue weighted by molar-refractivity contribution is 0.0980. The van der Waals surface area contributed by atoms with Crippen molar-refractivity contribution >= 4 is 33.2 Å². The Balaban J connectivity index is 2.24.